The van der Waals surface area contributed by atoms with Crippen LogP contribution < -0.4 is 20.9 Å². The first-order chi connectivity index (χ1) is 31.4. The van der Waals surface area contributed by atoms with E-state index in [0.717, 1.165) is 102 Å². The summed E-state index contributed by atoms with van der Waals surface area (Å²) in [5, 5.41) is 2.17. The van der Waals surface area contributed by atoms with Crippen LogP contribution in [0.1, 0.15) is 67.8 Å². The molecule has 328 valence electrons. The van der Waals surface area contributed by atoms with E-state index >= 15 is 0 Å². The molecule has 8 heterocycles. The number of halogens is 1. The maximum absolute atomic E-state index is 13.3. The maximum atomic E-state index is 13.3. The van der Waals surface area contributed by atoms with Crippen LogP contribution in [0, 0.1) is 18.8 Å². The van der Waals surface area contributed by atoms with Crippen molar-refractivity contribution in [1.82, 2.24) is 48.2 Å². The maximum Gasteiger partial charge on any atom is 0.329 e. The van der Waals surface area contributed by atoms with Crippen molar-refractivity contribution >= 4 is 55.5 Å². The summed E-state index contributed by atoms with van der Waals surface area (Å²) in [6.07, 6.45) is 13.0. The Morgan fingerprint density at radius 1 is 0.625 bits per heavy atom. The van der Waals surface area contributed by atoms with Crippen LogP contribution in [0.3, 0.4) is 0 Å². The number of pyridine rings is 2. The van der Waals surface area contributed by atoms with Crippen molar-refractivity contribution in [3.05, 3.63) is 117 Å². The molecule has 0 N–H and O–H groups in total. The van der Waals surface area contributed by atoms with Crippen molar-refractivity contribution in [2.45, 2.75) is 70.6 Å². The van der Waals surface area contributed by atoms with Crippen LogP contribution in [-0.4, -0.2) is 87.8 Å². The van der Waals surface area contributed by atoms with E-state index in [2.05, 4.69) is 9.97 Å². The van der Waals surface area contributed by atoms with Gasteiger partial charge in [-0.3, -0.25) is 28.2 Å². The molecule has 8 aromatic rings. The molecule has 0 radical (unpaired) electrons. The fraction of sp³-hybridized carbons (Fsp3) is 0.404. The summed E-state index contributed by atoms with van der Waals surface area (Å²) >= 11 is 6.46. The van der Waals surface area contributed by atoms with Gasteiger partial charge in [0, 0.05) is 49.5 Å². The van der Waals surface area contributed by atoms with Gasteiger partial charge in [0.2, 0.25) is 11.8 Å². The normalized spacial score (nSPS) is 18.6. The number of imidazole rings is 2. The first kappa shape index (κ1) is 40.5. The molecule has 4 aliphatic rings. The van der Waals surface area contributed by atoms with E-state index in [4.69, 9.17) is 50.5 Å². The van der Waals surface area contributed by atoms with Crippen molar-refractivity contribution in [3.63, 3.8) is 0 Å². The SMILES string of the molecule is Cc1cccc2c(OCC3CCOC3)nc(Cn3c(=O)n(C4CC4)c4ccncc43)nc12.O=c1n(Cc2nc(OCC3CCOC3)c3cccc(Cl)c3n2)c2cnccc2n1C1CC1. The Kier molecular flexibility index (Phi) is 10.8. The monoisotopic (exact) mass is 882 g/mol. The number of nitrogens with zero attached hydrogens (tertiary/aromatic N) is 10. The highest BCUT2D eigenvalue weighted by Gasteiger charge is 2.31. The number of para-hydroxylation sites is 2. The third-order valence-electron chi connectivity index (χ3n) is 12.5. The Balaban J connectivity index is 0.000000143. The number of hydrogen-bond donors (Lipinski definition) is 0. The summed E-state index contributed by atoms with van der Waals surface area (Å²) in [5.41, 5.74) is 5.82. The van der Waals surface area contributed by atoms with Gasteiger partial charge in [0.05, 0.1) is 101 Å². The van der Waals surface area contributed by atoms with Gasteiger partial charge in [-0.05, 0) is 81.3 Å². The Hall–Kier alpha value is -6.23. The summed E-state index contributed by atoms with van der Waals surface area (Å²) in [6, 6.07) is 15.9. The average Bonchev–Trinajstić information content (AvgIpc) is 4.15. The van der Waals surface area contributed by atoms with Crippen LogP contribution in [0.2, 0.25) is 5.02 Å². The quantitative estimate of drug-likeness (QED) is 0.126. The first-order valence-corrected chi connectivity index (χ1v) is 22.5. The van der Waals surface area contributed by atoms with E-state index in [1.54, 1.807) is 40.0 Å². The number of aromatic nitrogens is 10. The zero-order valence-corrected chi connectivity index (χ0v) is 36.2. The molecule has 0 bridgehead atoms. The Labute approximate surface area is 371 Å². The molecule has 17 heteroatoms. The van der Waals surface area contributed by atoms with Crippen molar-refractivity contribution < 1.29 is 18.9 Å². The number of rotatable bonds is 12. The molecule has 12 rings (SSSR count). The number of aryl methyl sites for hydroxylation is 1. The Bertz CT molecular complexity index is 2950. The minimum atomic E-state index is -0.0658. The van der Waals surface area contributed by atoms with E-state index in [1.165, 1.54) is 0 Å². The number of hydrogen-bond acceptors (Lipinski definition) is 12. The molecule has 6 aromatic heterocycles. The lowest BCUT2D eigenvalue weighted by atomic mass is 10.1. The molecule has 0 amide bonds. The minimum absolute atomic E-state index is 0.0328. The van der Waals surface area contributed by atoms with Gasteiger partial charge in [0.25, 0.3) is 0 Å². The third-order valence-corrected chi connectivity index (χ3v) is 12.8. The lowest BCUT2D eigenvalue weighted by Crippen LogP contribution is -2.25. The predicted molar refractivity (Wildman–Crippen MR) is 240 cm³/mol. The Morgan fingerprint density at radius 2 is 1.12 bits per heavy atom. The predicted octanol–water partition coefficient (Wildman–Crippen LogP) is 6.84. The fourth-order valence-electron chi connectivity index (χ4n) is 8.84. The van der Waals surface area contributed by atoms with Gasteiger partial charge in [-0.2, -0.15) is 9.97 Å². The van der Waals surface area contributed by atoms with Gasteiger partial charge < -0.3 is 18.9 Å². The molecule has 2 saturated heterocycles. The van der Waals surface area contributed by atoms with E-state index in [1.807, 2.05) is 58.5 Å². The summed E-state index contributed by atoms with van der Waals surface area (Å²) in [6.45, 7) is 6.55. The van der Waals surface area contributed by atoms with Crippen LogP contribution in [0.25, 0.3) is 43.9 Å². The van der Waals surface area contributed by atoms with Gasteiger partial charge in [-0.1, -0.05) is 29.8 Å². The molecule has 16 nitrogen and oxygen atoms in total. The third kappa shape index (κ3) is 7.87. The second-order valence-corrected chi connectivity index (χ2v) is 17.7. The van der Waals surface area contributed by atoms with E-state index < -0.39 is 0 Å². The molecular formula is C47H47ClN10O6. The molecule has 2 aromatic carbocycles. The topological polar surface area (TPSA) is 168 Å². The van der Waals surface area contributed by atoms with Crippen molar-refractivity contribution in [2.75, 3.05) is 39.6 Å². The average molecular weight is 883 g/mol. The molecule has 2 atom stereocenters. The summed E-state index contributed by atoms with van der Waals surface area (Å²) in [5.74, 6) is 2.80. The van der Waals surface area contributed by atoms with Crippen molar-refractivity contribution in [3.8, 4) is 11.8 Å². The van der Waals surface area contributed by atoms with Crippen LogP contribution in [0.5, 0.6) is 11.8 Å². The van der Waals surface area contributed by atoms with E-state index in [9.17, 15) is 9.59 Å². The van der Waals surface area contributed by atoms with Gasteiger partial charge in [0.1, 0.15) is 0 Å². The standard InChI is InChI=1S/C24H25N5O3.C23H22ClN5O3/c1-15-3-2-4-18-22(15)26-21(27-23(18)32-14-16-8-10-31-13-16)12-28-20-11-25-9-7-19(20)29(24(28)30)17-5-6-17;24-17-3-1-2-16-21(17)26-20(27-22(16)32-13-14-7-9-31-12-14)11-28-19-10-25-8-6-18(19)29(23(28)30)15-4-5-15/h2-4,7,9,11,16-17H,5-6,8,10,12-14H2,1H3;1-3,6,8,10,14-15H,4-5,7,9,11-13H2. The summed E-state index contributed by atoms with van der Waals surface area (Å²) in [7, 11) is 0. The van der Waals surface area contributed by atoms with E-state index in [0.29, 0.717) is 65.6 Å². The molecule has 2 unspecified atom stereocenters. The van der Waals surface area contributed by atoms with E-state index in [-0.39, 0.29) is 36.6 Å². The Morgan fingerprint density at radius 3 is 1.62 bits per heavy atom. The van der Waals surface area contributed by atoms with Crippen molar-refractivity contribution in [1.29, 1.82) is 0 Å². The second-order valence-electron chi connectivity index (χ2n) is 17.2. The number of ether oxygens (including phenoxy) is 4. The van der Waals surface area contributed by atoms with Gasteiger partial charge >= 0.3 is 11.4 Å². The molecule has 2 aliphatic carbocycles. The smallest absolute Gasteiger partial charge is 0.329 e. The summed E-state index contributed by atoms with van der Waals surface area (Å²) < 4.78 is 30.4. The highest BCUT2D eigenvalue weighted by Crippen LogP contribution is 2.37. The number of benzene rings is 2. The van der Waals surface area contributed by atoms with Crippen LogP contribution in [-0.2, 0) is 22.6 Å². The van der Waals surface area contributed by atoms with Crippen LogP contribution in [0.4, 0.5) is 0 Å². The number of fused-ring (bicyclic) bond motifs is 4. The van der Waals surface area contributed by atoms with Gasteiger partial charge in [0.15, 0.2) is 11.6 Å². The molecule has 64 heavy (non-hydrogen) atoms. The van der Waals surface area contributed by atoms with Crippen molar-refractivity contribution in [2.24, 2.45) is 11.8 Å². The van der Waals surface area contributed by atoms with Crippen LogP contribution >= 0.6 is 11.6 Å². The largest absolute Gasteiger partial charge is 0.477 e. The fourth-order valence-corrected chi connectivity index (χ4v) is 9.06. The lowest BCUT2D eigenvalue weighted by molar-refractivity contribution is 0.166. The zero-order valence-electron chi connectivity index (χ0n) is 35.4. The first-order valence-electron chi connectivity index (χ1n) is 22.1. The van der Waals surface area contributed by atoms with Crippen LogP contribution in [0.15, 0.2) is 82.9 Å². The van der Waals surface area contributed by atoms with Gasteiger partial charge in [-0.25, -0.2) is 19.6 Å². The molecule has 2 aliphatic heterocycles. The zero-order chi connectivity index (χ0) is 43.3. The molecule has 0 spiro atoms. The molecular weight excluding hydrogens is 836 g/mol. The van der Waals surface area contributed by atoms with Gasteiger partial charge in [-0.15, -0.1) is 0 Å². The highest BCUT2D eigenvalue weighted by molar-refractivity contribution is 6.35. The summed E-state index contributed by atoms with van der Waals surface area (Å²) in [4.78, 5) is 54.0. The molecule has 2 saturated carbocycles. The molecule has 4 fully saturated rings. The second kappa shape index (κ2) is 17.0. The lowest BCUT2D eigenvalue weighted by Gasteiger charge is -2.14. The highest BCUT2D eigenvalue weighted by atomic mass is 35.5. The minimum Gasteiger partial charge on any atom is -0.477 e.